The van der Waals surface area contributed by atoms with Crippen LogP contribution in [0.25, 0.3) is 0 Å². The lowest BCUT2D eigenvalue weighted by atomic mass is 10.1. The molecule has 0 spiro atoms. The summed E-state index contributed by atoms with van der Waals surface area (Å²) in [4.78, 5) is 14.3. The van der Waals surface area contributed by atoms with E-state index in [4.69, 9.17) is 5.26 Å². The van der Waals surface area contributed by atoms with Crippen LogP contribution in [0.4, 0.5) is 0 Å². The van der Waals surface area contributed by atoms with Crippen LogP contribution in [0.5, 0.6) is 0 Å². The predicted molar refractivity (Wildman–Crippen MR) is 65.5 cm³/mol. The average Bonchev–Trinajstić information content (AvgIpc) is 3.13. The van der Waals surface area contributed by atoms with E-state index in [1.165, 1.54) is 0 Å². The minimum Gasteiger partial charge on any atom is -0.333 e. The highest BCUT2D eigenvalue weighted by molar-refractivity contribution is 5.95. The Kier molecular flexibility index (Phi) is 3.14. The number of carbonyl (C=O) groups is 1. The van der Waals surface area contributed by atoms with Crippen LogP contribution in [0.3, 0.4) is 0 Å². The molecule has 1 aliphatic rings. The van der Waals surface area contributed by atoms with Gasteiger partial charge >= 0.3 is 0 Å². The quantitative estimate of drug-likeness (QED) is 0.798. The molecule has 17 heavy (non-hydrogen) atoms. The van der Waals surface area contributed by atoms with Gasteiger partial charge in [-0.05, 0) is 44.9 Å². The van der Waals surface area contributed by atoms with Gasteiger partial charge in [0.1, 0.15) is 0 Å². The molecule has 0 aromatic heterocycles. The molecule has 0 heterocycles. The zero-order chi connectivity index (χ0) is 12.4. The minimum atomic E-state index is 0.0413. The third-order valence-electron chi connectivity index (χ3n) is 2.97. The Bertz CT molecular complexity index is 467. The maximum atomic E-state index is 12.4. The van der Waals surface area contributed by atoms with E-state index in [1.54, 1.807) is 24.3 Å². The second kappa shape index (κ2) is 4.58. The van der Waals surface area contributed by atoms with Gasteiger partial charge in [-0.1, -0.05) is 6.07 Å². The lowest BCUT2D eigenvalue weighted by Crippen LogP contribution is -2.38. The van der Waals surface area contributed by atoms with E-state index in [9.17, 15) is 4.79 Å². The Morgan fingerprint density at radius 1 is 1.47 bits per heavy atom. The lowest BCUT2D eigenvalue weighted by Gasteiger charge is -2.26. The predicted octanol–water partition coefficient (Wildman–Crippen LogP) is 2.57. The summed E-state index contributed by atoms with van der Waals surface area (Å²) in [5, 5.41) is 8.84. The first-order chi connectivity index (χ1) is 8.13. The molecule has 1 aromatic rings. The monoisotopic (exact) mass is 228 g/mol. The number of hydrogen-bond donors (Lipinski definition) is 0. The SMILES string of the molecule is CC(C)N(C(=O)c1cccc(C#N)c1)C1CC1. The maximum absolute atomic E-state index is 12.4. The molecule has 2 rings (SSSR count). The van der Waals surface area contributed by atoms with Crippen LogP contribution in [0.1, 0.15) is 42.6 Å². The van der Waals surface area contributed by atoms with Crippen LogP contribution in [0.2, 0.25) is 0 Å². The molecule has 0 unspecified atom stereocenters. The Morgan fingerprint density at radius 3 is 2.71 bits per heavy atom. The van der Waals surface area contributed by atoms with Gasteiger partial charge in [-0.2, -0.15) is 5.26 Å². The molecule has 1 saturated carbocycles. The highest BCUT2D eigenvalue weighted by atomic mass is 16.2. The van der Waals surface area contributed by atoms with Gasteiger partial charge in [0.05, 0.1) is 11.6 Å². The van der Waals surface area contributed by atoms with Crippen molar-refractivity contribution in [3.63, 3.8) is 0 Å². The molecule has 1 aliphatic carbocycles. The van der Waals surface area contributed by atoms with Gasteiger partial charge in [0, 0.05) is 17.6 Å². The topological polar surface area (TPSA) is 44.1 Å². The molecule has 0 radical (unpaired) electrons. The number of carbonyl (C=O) groups excluding carboxylic acids is 1. The van der Waals surface area contributed by atoms with Gasteiger partial charge in [0.25, 0.3) is 5.91 Å². The number of hydrogen-bond acceptors (Lipinski definition) is 2. The fourth-order valence-corrected chi connectivity index (χ4v) is 2.05. The molecule has 3 heteroatoms. The van der Waals surface area contributed by atoms with E-state index < -0.39 is 0 Å². The number of benzene rings is 1. The Hall–Kier alpha value is -1.82. The van der Waals surface area contributed by atoms with Crippen molar-refractivity contribution in [1.29, 1.82) is 5.26 Å². The zero-order valence-corrected chi connectivity index (χ0v) is 10.2. The van der Waals surface area contributed by atoms with Gasteiger partial charge in [-0.3, -0.25) is 4.79 Å². The van der Waals surface area contributed by atoms with Crippen LogP contribution in [0, 0.1) is 11.3 Å². The van der Waals surface area contributed by atoms with Crippen molar-refractivity contribution in [3.05, 3.63) is 35.4 Å². The largest absolute Gasteiger partial charge is 0.333 e. The van der Waals surface area contributed by atoms with Crippen molar-refractivity contribution in [2.75, 3.05) is 0 Å². The number of amides is 1. The second-order valence-corrected chi connectivity index (χ2v) is 4.73. The van der Waals surface area contributed by atoms with Crippen LogP contribution >= 0.6 is 0 Å². The Labute approximate surface area is 102 Å². The highest BCUT2D eigenvalue weighted by Crippen LogP contribution is 2.30. The van der Waals surface area contributed by atoms with Crippen molar-refractivity contribution < 1.29 is 4.79 Å². The molecule has 0 bridgehead atoms. The van der Waals surface area contributed by atoms with E-state index in [0.717, 1.165) is 12.8 Å². The maximum Gasteiger partial charge on any atom is 0.254 e. The Balaban J connectivity index is 2.25. The van der Waals surface area contributed by atoms with E-state index in [-0.39, 0.29) is 11.9 Å². The summed E-state index contributed by atoms with van der Waals surface area (Å²) in [5.41, 5.74) is 1.15. The van der Waals surface area contributed by atoms with Crippen molar-refractivity contribution in [1.82, 2.24) is 4.90 Å². The van der Waals surface area contributed by atoms with Gasteiger partial charge in [-0.15, -0.1) is 0 Å². The summed E-state index contributed by atoms with van der Waals surface area (Å²) in [5.74, 6) is 0.0413. The molecule has 3 nitrogen and oxygen atoms in total. The normalized spacial score (nSPS) is 14.5. The highest BCUT2D eigenvalue weighted by Gasteiger charge is 2.34. The van der Waals surface area contributed by atoms with Crippen LogP contribution < -0.4 is 0 Å². The number of rotatable bonds is 3. The molecule has 1 aromatic carbocycles. The third-order valence-corrected chi connectivity index (χ3v) is 2.97. The third kappa shape index (κ3) is 2.47. The zero-order valence-electron chi connectivity index (χ0n) is 10.2. The number of nitrogens with zero attached hydrogens (tertiary/aromatic N) is 2. The molecule has 1 fully saturated rings. The van der Waals surface area contributed by atoms with Crippen LogP contribution in [-0.2, 0) is 0 Å². The average molecular weight is 228 g/mol. The van der Waals surface area contributed by atoms with E-state index >= 15 is 0 Å². The summed E-state index contributed by atoms with van der Waals surface area (Å²) in [7, 11) is 0. The summed E-state index contributed by atoms with van der Waals surface area (Å²) >= 11 is 0. The fraction of sp³-hybridized carbons (Fsp3) is 0.429. The second-order valence-electron chi connectivity index (χ2n) is 4.73. The molecule has 0 atom stereocenters. The minimum absolute atomic E-state index is 0.0413. The van der Waals surface area contributed by atoms with Crippen molar-refractivity contribution in [2.45, 2.75) is 38.8 Å². The van der Waals surface area contributed by atoms with E-state index in [2.05, 4.69) is 6.07 Å². The molecular formula is C14H16N2O. The standard InChI is InChI=1S/C14H16N2O/c1-10(2)16(13-6-7-13)14(17)12-5-3-4-11(8-12)9-15/h3-5,8,10,13H,6-7H2,1-2H3. The summed E-state index contributed by atoms with van der Waals surface area (Å²) < 4.78 is 0. The lowest BCUT2D eigenvalue weighted by molar-refractivity contribution is 0.0690. The van der Waals surface area contributed by atoms with Crippen molar-refractivity contribution >= 4 is 5.91 Å². The summed E-state index contributed by atoms with van der Waals surface area (Å²) in [6, 6.07) is 9.59. The van der Waals surface area contributed by atoms with Crippen LogP contribution in [-0.4, -0.2) is 22.9 Å². The first-order valence-electron chi connectivity index (χ1n) is 5.96. The molecule has 0 aliphatic heterocycles. The molecule has 0 saturated heterocycles. The molecular weight excluding hydrogens is 212 g/mol. The van der Waals surface area contributed by atoms with Crippen molar-refractivity contribution in [2.24, 2.45) is 0 Å². The first-order valence-corrected chi connectivity index (χ1v) is 5.96. The van der Waals surface area contributed by atoms with Gasteiger partial charge < -0.3 is 4.90 Å². The fourth-order valence-electron chi connectivity index (χ4n) is 2.05. The van der Waals surface area contributed by atoms with Gasteiger partial charge in [-0.25, -0.2) is 0 Å². The smallest absolute Gasteiger partial charge is 0.254 e. The summed E-state index contributed by atoms with van der Waals surface area (Å²) in [6.07, 6.45) is 2.20. The van der Waals surface area contributed by atoms with Crippen LogP contribution in [0.15, 0.2) is 24.3 Å². The van der Waals surface area contributed by atoms with Crippen molar-refractivity contribution in [3.8, 4) is 6.07 Å². The van der Waals surface area contributed by atoms with E-state index in [1.807, 2.05) is 18.7 Å². The first kappa shape index (κ1) is 11.7. The Morgan fingerprint density at radius 2 is 2.18 bits per heavy atom. The van der Waals surface area contributed by atoms with Gasteiger partial charge in [0.15, 0.2) is 0 Å². The summed E-state index contributed by atoms with van der Waals surface area (Å²) in [6.45, 7) is 4.06. The van der Waals surface area contributed by atoms with E-state index in [0.29, 0.717) is 17.2 Å². The molecule has 0 N–H and O–H groups in total. The molecule has 88 valence electrons. The van der Waals surface area contributed by atoms with Gasteiger partial charge in [0.2, 0.25) is 0 Å². The molecule has 1 amide bonds. The number of nitriles is 1.